The monoisotopic (exact) mass is 389 g/mol. The van der Waals surface area contributed by atoms with Gasteiger partial charge >= 0.3 is 13.5 Å². The van der Waals surface area contributed by atoms with Crippen LogP contribution in [0.5, 0.6) is 11.5 Å². The molecular formula is C20H24NO5P. The SMILES string of the molecule is CC(C)C(C(=O)O)N1CCCOP1(=O)c1ccc(Oc2ccccc2)cc1. The van der Waals surface area contributed by atoms with Gasteiger partial charge in [-0.3, -0.25) is 9.36 Å². The number of para-hydroxylation sites is 1. The minimum Gasteiger partial charge on any atom is -0.480 e. The maximum atomic E-state index is 13.7. The minimum absolute atomic E-state index is 0.196. The second kappa shape index (κ2) is 8.26. The van der Waals surface area contributed by atoms with Gasteiger partial charge in [0.2, 0.25) is 0 Å². The highest BCUT2D eigenvalue weighted by molar-refractivity contribution is 7.64. The Morgan fingerprint density at radius 3 is 2.33 bits per heavy atom. The largest absolute Gasteiger partial charge is 0.480 e. The molecule has 2 aromatic carbocycles. The molecule has 7 heteroatoms. The molecular weight excluding hydrogens is 365 g/mol. The van der Waals surface area contributed by atoms with Crippen LogP contribution >= 0.6 is 7.52 Å². The summed E-state index contributed by atoms with van der Waals surface area (Å²) < 4.78 is 26.7. The fourth-order valence-electron chi connectivity index (χ4n) is 3.23. The summed E-state index contributed by atoms with van der Waals surface area (Å²) in [7, 11) is -3.45. The van der Waals surface area contributed by atoms with Crippen LogP contribution in [0.3, 0.4) is 0 Å². The van der Waals surface area contributed by atoms with Gasteiger partial charge in [0.05, 0.1) is 11.9 Å². The second-order valence-electron chi connectivity index (χ2n) is 6.81. The molecule has 27 heavy (non-hydrogen) atoms. The highest BCUT2D eigenvalue weighted by Crippen LogP contribution is 2.54. The molecule has 2 unspecified atom stereocenters. The van der Waals surface area contributed by atoms with Crippen molar-refractivity contribution in [2.24, 2.45) is 5.92 Å². The molecule has 1 aliphatic heterocycles. The molecule has 0 aromatic heterocycles. The Morgan fingerprint density at radius 1 is 1.11 bits per heavy atom. The highest BCUT2D eigenvalue weighted by atomic mass is 31.2. The van der Waals surface area contributed by atoms with Crippen molar-refractivity contribution < 1.29 is 23.7 Å². The maximum absolute atomic E-state index is 13.7. The summed E-state index contributed by atoms with van der Waals surface area (Å²) in [5, 5.41) is 10.1. The average molecular weight is 389 g/mol. The van der Waals surface area contributed by atoms with E-state index in [2.05, 4.69) is 0 Å². The van der Waals surface area contributed by atoms with Crippen molar-refractivity contribution >= 4 is 18.8 Å². The van der Waals surface area contributed by atoms with Gasteiger partial charge in [0, 0.05) is 6.54 Å². The predicted octanol–water partition coefficient (Wildman–Crippen LogP) is 4.13. The molecule has 1 saturated heterocycles. The number of carboxylic acid groups (broad SMARTS) is 1. The normalized spacial score (nSPS) is 21.7. The Hall–Kier alpha value is -2.14. The molecule has 3 rings (SSSR count). The summed E-state index contributed by atoms with van der Waals surface area (Å²) in [6.07, 6.45) is 0.649. The van der Waals surface area contributed by atoms with Crippen LogP contribution in [0.15, 0.2) is 54.6 Å². The van der Waals surface area contributed by atoms with E-state index >= 15 is 0 Å². The zero-order chi connectivity index (χ0) is 19.4. The van der Waals surface area contributed by atoms with Crippen molar-refractivity contribution in [2.45, 2.75) is 26.3 Å². The Bertz CT molecular complexity index is 822. The lowest BCUT2D eigenvalue weighted by atomic mass is 10.0. The summed E-state index contributed by atoms with van der Waals surface area (Å²) in [6, 6.07) is 15.3. The first-order valence-corrected chi connectivity index (χ1v) is 10.6. The Balaban J connectivity index is 1.87. The molecule has 0 radical (unpaired) electrons. The van der Waals surface area contributed by atoms with Crippen LogP contribution in [0.4, 0.5) is 0 Å². The maximum Gasteiger partial charge on any atom is 0.321 e. The lowest BCUT2D eigenvalue weighted by molar-refractivity contribution is -0.143. The fourth-order valence-corrected chi connectivity index (χ4v) is 5.82. The van der Waals surface area contributed by atoms with E-state index in [1.165, 1.54) is 4.67 Å². The predicted molar refractivity (Wildman–Crippen MR) is 104 cm³/mol. The van der Waals surface area contributed by atoms with Gasteiger partial charge in [-0.1, -0.05) is 32.0 Å². The summed E-state index contributed by atoms with van der Waals surface area (Å²) in [5.41, 5.74) is 0. The van der Waals surface area contributed by atoms with E-state index in [4.69, 9.17) is 9.26 Å². The van der Waals surface area contributed by atoms with Crippen LogP contribution < -0.4 is 10.0 Å². The number of nitrogens with zero attached hydrogens (tertiary/aromatic N) is 1. The first-order valence-electron chi connectivity index (χ1n) is 9.00. The van der Waals surface area contributed by atoms with Crippen molar-refractivity contribution in [1.82, 2.24) is 4.67 Å². The van der Waals surface area contributed by atoms with Crippen LogP contribution in [0.2, 0.25) is 0 Å². The van der Waals surface area contributed by atoms with Gasteiger partial charge in [0.25, 0.3) is 0 Å². The lowest BCUT2D eigenvalue weighted by Gasteiger charge is -2.40. The van der Waals surface area contributed by atoms with Crippen LogP contribution in [0.1, 0.15) is 20.3 Å². The molecule has 1 heterocycles. The van der Waals surface area contributed by atoms with E-state index in [9.17, 15) is 14.5 Å². The molecule has 2 aromatic rings. The molecule has 144 valence electrons. The molecule has 1 fully saturated rings. The van der Waals surface area contributed by atoms with Crippen molar-refractivity contribution in [3.63, 3.8) is 0 Å². The lowest BCUT2D eigenvalue weighted by Crippen LogP contribution is -2.47. The van der Waals surface area contributed by atoms with Gasteiger partial charge in [-0.15, -0.1) is 0 Å². The van der Waals surface area contributed by atoms with Crippen molar-refractivity contribution in [1.29, 1.82) is 0 Å². The number of rotatable bonds is 6. The van der Waals surface area contributed by atoms with E-state index < -0.39 is 19.5 Å². The summed E-state index contributed by atoms with van der Waals surface area (Å²) in [6.45, 7) is 4.40. The van der Waals surface area contributed by atoms with Crippen LogP contribution in [0, 0.1) is 5.92 Å². The Kier molecular flexibility index (Phi) is 6.00. The number of hydrogen-bond donors (Lipinski definition) is 1. The van der Waals surface area contributed by atoms with Crippen LogP contribution in [-0.4, -0.2) is 34.9 Å². The van der Waals surface area contributed by atoms with Gasteiger partial charge in [-0.05, 0) is 48.7 Å². The molecule has 0 aliphatic carbocycles. The Labute approximate surface area is 159 Å². The molecule has 1 aliphatic rings. The van der Waals surface area contributed by atoms with E-state index in [0.29, 0.717) is 36.4 Å². The molecule has 6 nitrogen and oxygen atoms in total. The summed E-state index contributed by atoms with van der Waals surface area (Å²) in [5.74, 6) is 0.134. The molecule has 1 N–H and O–H groups in total. The van der Waals surface area contributed by atoms with E-state index in [0.717, 1.165) is 0 Å². The highest BCUT2D eigenvalue weighted by Gasteiger charge is 2.44. The molecule has 0 saturated carbocycles. The van der Waals surface area contributed by atoms with E-state index in [-0.39, 0.29) is 5.92 Å². The zero-order valence-electron chi connectivity index (χ0n) is 15.4. The third kappa shape index (κ3) is 4.24. The third-order valence-corrected chi connectivity index (χ3v) is 7.09. The number of benzene rings is 2. The molecule has 0 bridgehead atoms. The summed E-state index contributed by atoms with van der Waals surface area (Å²) >= 11 is 0. The van der Waals surface area contributed by atoms with Gasteiger partial charge in [-0.25, -0.2) is 4.67 Å². The number of aliphatic carboxylic acids is 1. The molecule has 2 atom stereocenters. The smallest absolute Gasteiger partial charge is 0.321 e. The van der Waals surface area contributed by atoms with Crippen molar-refractivity contribution in [3.8, 4) is 11.5 Å². The second-order valence-corrected chi connectivity index (χ2v) is 9.14. The third-order valence-electron chi connectivity index (χ3n) is 4.48. The zero-order valence-corrected chi connectivity index (χ0v) is 16.3. The van der Waals surface area contributed by atoms with Crippen molar-refractivity contribution in [2.75, 3.05) is 13.2 Å². The Morgan fingerprint density at radius 2 is 1.74 bits per heavy atom. The first kappa shape index (κ1) is 19.6. The molecule has 0 spiro atoms. The van der Waals surface area contributed by atoms with Crippen LogP contribution in [-0.2, 0) is 13.9 Å². The number of hydrogen-bond acceptors (Lipinski definition) is 4. The van der Waals surface area contributed by atoms with E-state index in [1.54, 1.807) is 24.3 Å². The fraction of sp³-hybridized carbons (Fsp3) is 0.350. The van der Waals surface area contributed by atoms with Gasteiger partial charge in [0.1, 0.15) is 17.5 Å². The number of carbonyl (C=O) groups is 1. The van der Waals surface area contributed by atoms with Gasteiger partial charge in [-0.2, -0.15) is 0 Å². The van der Waals surface area contributed by atoms with Crippen LogP contribution in [0.25, 0.3) is 0 Å². The summed E-state index contributed by atoms with van der Waals surface area (Å²) in [4.78, 5) is 11.8. The van der Waals surface area contributed by atoms with Gasteiger partial charge in [0.15, 0.2) is 0 Å². The van der Waals surface area contributed by atoms with Crippen molar-refractivity contribution in [3.05, 3.63) is 54.6 Å². The topological polar surface area (TPSA) is 76.1 Å². The van der Waals surface area contributed by atoms with E-state index in [1.807, 2.05) is 44.2 Å². The number of ether oxygens (including phenoxy) is 1. The molecule has 0 amide bonds. The minimum atomic E-state index is -3.45. The standard InChI is InChI=1S/C20H24NO5P/c1-15(2)19(20(22)23)21-13-6-14-25-27(21,24)18-11-9-17(10-12-18)26-16-7-4-3-5-8-16/h3-5,7-12,15,19H,6,13-14H2,1-2H3,(H,22,23). The quantitative estimate of drug-likeness (QED) is 0.749. The first-order chi connectivity index (χ1) is 12.9. The van der Waals surface area contributed by atoms with Gasteiger partial charge < -0.3 is 14.4 Å². The average Bonchev–Trinajstić information content (AvgIpc) is 2.64. The number of carboxylic acids is 1.